The standard InChI is InChI=1S/C14H15ClN2S.ClH/c15-13-5-12-8-17-4-2-11(12)6-14(13)18-9-10-1-3-16-7-10;/h2,4-6,8,10,16H,1,3,7,9H2;1H. The molecule has 2 heterocycles. The Labute approximate surface area is 128 Å². The zero-order valence-electron chi connectivity index (χ0n) is 10.4. The highest BCUT2D eigenvalue weighted by molar-refractivity contribution is 7.99. The molecule has 0 bridgehead atoms. The molecule has 19 heavy (non-hydrogen) atoms. The summed E-state index contributed by atoms with van der Waals surface area (Å²) >= 11 is 8.19. The molecule has 1 aromatic carbocycles. The lowest BCUT2D eigenvalue weighted by molar-refractivity contribution is 0.663. The molecule has 0 aliphatic carbocycles. The first-order valence-electron chi connectivity index (χ1n) is 6.20. The number of aromatic nitrogens is 1. The molecule has 1 N–H and O–H groups in total. The second-order valence-corrected chi connectivity index (χ2v) is 6.14. The molecular weight excluding hydrogens is 299 g/mol. The molecular formula is C14H16Cl2N2S. The van der Waals surface area contributed by atoms with Crippen LogP contribution in [0.3, 0.4) is 0 Å². The fraction of sp³-hybridized carbons (Fsp3) is 0.357. The van der Waals surface area contributed by atoms with Crippen molar-refractivity contribution in [1.29, 1.82) is 0 Å². The molecule has 102 valence electrons. The van der Waals surface area contributed by atoms with Gasteiger partial charge in [0.15, 0.2) is 0 Å². The molecule has 0 spiro atoms. The van der Waals surface area contributed by atoms with Crippen LogP contribution in [0.2, 0.25) is 5.02 Å². The lowest BCUT2D eigenvalue weighted by Gasteiger charge is -2.10. The number of halogens is 2. The number of hydrogen-bond donors (Lipinski definition) is 1. The van der Waals surface area contributed by atoms with Gasteiger partial charge in [-0.15, -0.1) is 24.2 Å². The molecule has 1 fully saturated rings. The van der Waals surface area contributed by atoms with Crippen molar-refractivity contribution in [1.82, 2.24) is 10.3 Å². The maximum absolute atomic E-state index is 6.32. The molecule has 2 nitrogen and oxygen atoms in total. The summed E-state index contributed by atoms with van der Waals surface area (Å²) in [5.74, 6) is 1.92. The number of benzene rings is 1. The summed E-state index contributed by atoms with van der Waals surface area (Å²) in [4.78, 5) is 5.30. The third-order valence-corrected chi connectivity index (χ3v) is 5.04. The number of fused-ring (bicyclic) bond motifs is 1. The van der Waals surface area contributed by atoms with Gasteiger partial charge in [0.25, 0.3) is 0 Å². The maximum atomic E-state index is 6.32. The number of pyridine rings is 1. The summed E-state index contributed by atoms with van der Waals surface area (Å²) in [5, 5.41) is 6.55. The van der Waals surface area contributed by atoms with E-state index in [9.17, 15) is 0 Å². The lowest BCUT2D eigenvalue weighted by atomic mass is 10.2. The monoisotopic (exact) mass is 314 g/mol. The molecule has 0 saturated carbocycles. The summed E-state index contributed by atoms with van der Waals surface area (Å²) in [5.41, 5.74) is 0. The van der Waals surface area contributed by atoms with Crippen molar-refractivity contribution in [3.63, 3.8) is 0 Å². The molecule has 0 radical (unpaired) electrons. The van der Waals surface area contributed by atoms with Gasteiger partial charge in [-0.25, -0.2) is 0 Å². The summed E-state index contributed by atoms with van der Waals surface area (Å²) < 4.78 is 0. The minimum atomic E-state index is 0. The van der Waals surface area contributed by atoms with Gasteiger partial charge in [0.2, 0.25) is 0 Å². The first-order valence-corrected chi connectivity index (χ1v) is 7.56. The maximum Gasteiger partial charge on any atom is 0.0548 e. The van der Waals surface area contributed by atoms with Crippen LogP contribution in [0.5, 0.6) is 0 Å². The number of nitrogens with zero attached hydrogens (tertiary/aromatic N) is 1. The predicted molar refractivity (Wildman–Crippen MR) is 85.7 cm³/mol. The van der Waals surface area contributed by atoms with Gasteiger partial charge in [-0.1, -0.05) is 11.6 Å². The second kappa shape index (κ2) is 6.80. The van der Waals surface area contributed by atoms with E-state index in [0.717, 1.165) is 35.2 Å². The Balaban J connectivity index is 0.00000133. The quantitative estimate of drug-likeness (QED) is 0.866. The number of thioether (sulfide) groups is 1. The van der Waals surface area contributed by atoms with Crippen LogP contribution in [-0.2, 0) is 0 Å². The normalized spacial score (nSPS) is 18.5. The van der Waals surface area contributed by atoms with Crippen molar-refractivity contribution in [3.05, 3.63) is 35.6 Å². The van der Waals surface area contributed by atoms with Crippen molar-refractivity contribution in [2.75, 3.05) is 18.8 Å². The fourth-order valence-electron chi connectivity index (χ4n) is 2.26. The van der Waals surface area contributed by atoms with Gasteiger partial charge in [-0.3, -0.25) is 4.98 Å². The van der Waals surface area contributed by atoms with E-state index >= 15 is 0 Å². The molecule has 3 rings (SSSR count). The van der Waals surface area contributed by atoms with Crippen molar-refractivity contribution in [3.8, 4) is 0 Å². The molecule has 2 aromatic rings. The smallest absolute Gasteiger partial charge is 0.0548 e. The largest absolute Gasteiger partial charge is 0.316 e. The molecule has 1 aliphatic rings. The molecule has 1 aliphatic heterocycles. The van der Waals surface area contributed by atoms with E-state index in [1.54, 1.807) is 0 Å². The molecule has 0 amide bonds. The van der Waals surface area contributed by atoms with Crippen LogP contribution in [0, 0.1) is 5.92 Å². The molecule has 5 heteroatoms. The SMILES string of the molecule is Cl.Clc1cc2cnccc2cc1SCC1CCNC1. The third-order valence-electron chi connectivity index (χ3n) is 3.33. The van der Waals surface area contributed by atoms with Crippen molar-refractivity contribution >= 4 is 46.5 Å². The van der Waals surface area contributed by atoms with Gasteiger partial charge in [0, 0.05) is 28.4 Å². The molecule has 1 unspecified atom stereocenters. The fourth-order valence-corrected chi connectivity index (χ4v) is 3.70. The number of nitrogens with one attached hydrogen (secondary N) is 1. The van der Waals surface area contributed by atoms with Crippen LogP contribution in [0.1, 0.15) is 6.42 Å². The third kappa shape index (κ3) is 3.54. The molecule has 1 saturated heterocycles. The Morgan fingerprint density at radius 2 is 2.26 bits per heavy atom. The van der Waals surface area contributed by atoms with E-state index in [4.69, 9.17) is 11.6 Å². The Morgan fingerprint density at radius 1 is 1.37 bits per heavy atom. The minimum absolute atomic E-state index is 0. The van der Waals surface area contributed by atoms with Crippen LogP contribution >= 0.6 is 35.8 Å². The van der Waals surface area contributed by atoms with Crippen molar-refractivity contribution in [2.45, 2.75) is 11.3 Å². The van der Waals surface area contributed by atoms with Crippen molar-refractivity contribution < 1.29 is 0 Å². The average Bonchev–Trinajstić information content (AvgIpc) is 2.89. The van der Waals surface area contributed by atoms with Crippen LogP contribution in [0.4, 0.5) is 0 Å². The summed E-state index contributed by atoms with van der Waals surface area (Å²) in [6.45, 7) is 2.30. The zero-order chi connectivity index (χ0) is 12.4. The Kier molecular flexibility index (Phi) is 5.34. The molecule has 1 atom stereocenters. The Hall–Kier alpha value is -0.480. The first-order chi connectivity index (χ1) is 8.83. The van der Waals surface area contributed by atoms with E-state index in [1.165, 1.54) is 16.7 Å². The van der Waals surface area contributed by atoms with Gasteiger partial charge < -0.3 is 5.32 Å². The van der Waals surface area contributed by atoms with Crippen LogP contribution in [-0.4, -0.2) is 23.8 Å². The van der Waals surface area contributed by atoms with Crippen LogP contribution < -0.4 is 5.32 Å². The summed E-state index contributed by atoms with van der Waals surface area (Å²) in [7, 11) is 0. The van der Waals surface area contributed by atoms with Gasteiger partial charge in [0.1, 0.15) is 0 Å². The second-order valence-electron chi connectivity index (χ2n) is 4.68. The highest BCUT2D eigenvalue weighted by Crippen LogP contribution is 2.33. The van der Waals surface area contributed by atoms with E-state index in [2.05, 4.69) is 16.4 Å². The average molecular weight is 315 g/mol. The van der Waals surface area contributed by atoms with E-state index < -0.39 is 0 Å². The van der Waals surface area contributed by atoms with E-state index in [1.807, 2.05) is 36.3 Å². The van der Waals surface area contributed by atoms with Gasteiger partial charge in [-0.2, -0.15) is 0 Å². The number of hydrogen-bond acceptors (Lipinski definition) is 3. The Morgan fingerprint density at radius 3 is 3.05 bits per heavy atom. The highest BCUT2D eigenvalue weighted by Gasteiger charge is 2.15. The van der Waals surface area contributed by atoms with Gasteiger partial charge in [0.05, 0.1) is 5.02 Å². The van der Waals surface area contributed by atoms with Crippen LogP contribution in [0.25, 0.3) is 10.8 Å². The first kappa shape index (κ1) is 14.9. The van der Waals surface area contributed by atoms with Gasteiger partial charge in [-0.05, 0) is 49.0 Å². The summed E-state index contributed by atoms with van der Waals surface area (Å²) in [6, 6.07) is 6.22. The topological polar surface area (TPSA) is 24.9 Å². The Bertz CT molecular complexity index is 556. The minimum Gasteiger partial charge on any atom is -0.316 e. The predicted octanol–water partition coefficient (Wildman–Crippen LogP) is 4.01. The number of rotatable bonds is 3. The zero-order valence-corrected chi connectivity index (χ0v) is 12.8. The van der Waals surface area contributed by atoms with E-state index in [-0.39, 0.29) is 12.4 Å². The van der Waals surface area contributed by atoms with Crippen LogP contribution in [0.15, 0.2) is 35.5 Å². The van der Waals surface area contributed by atoms with Crippen molar-refractivity contribution in [2.24, 2.45) is 5.92 Å². The van der Waals surface area contributed by atoms with Gasteiger partial charge >= 0.3 is 0 Å². The molecule has 1 aromatic heterocycles. The lowest BCUT2D eigenvalue weighted by Crippen LogP contribution is -2.10. The summed E-state index contributed by atoms with van der Waals surface area (Å²) in [6.07, 6.45) is 4.96. The van der Waals surface area contributed by atoms with E-state index in [0.29, 0.717) is 0 Å². The highest BCUT2D eigenvalue weighted by atomic mass is 35.5.